The Balaban J connectivity index is 4.79. The molecule has 1 atom stereocenters. The highest BCUT2D eigenvalue weighted by atomic mass is 16.5. The summed E-state index contributed by atoms with van der Waals surface area (Å²) in [5, 5.41) is 19.0. The highest BCUT2D eigenvalue weighted by Gasteiger charge is 2.18. The third-order valence-electron chi connectivity index (χ3n) is 2.03. The molecule has 0 radical (unpaired) electrons. The maximum absolute atomic E-state index is 11.3. The number of hydrogen-bond acceptors (Lipinski definition) is 4. The molecule has 2 N–H and O–H groups in total. The smallest absolute Gasteiger partial charge is 0.337 e. The second-order valence-corrected chi connectivity index (χ2v) is 3.18. The first kappa shape index (κ1) is 13.7. The van der Waals surface area contributed by atoms with E-state index in [1.807, 2.05) is 0 Å². The van der Waals surface area contributed by atoms with Crippen molar-refractivity contribution in [2.45, 2.75) is 32.3 Å². The van der Waals surface area contributed by atoms with E-state index in [9.17, 15) is 15.0 Å². The predicted molar refractivity (Wildman–Crippen MR) is 57.4 cm³/mol. The third-order valence-corrected chi connectivity index (χ3v) is 2.03. The lowest BCUT2D eigenvalue weighted by Crippen LogP contribution is -2.15. The van der Waals surface area contributed by atoms with Gasteiger partial charge in [0.1, 0.15) is 5.76 Å². The van der Waals surface area contributed by atoms with Gasteiger partial charge in [0.15, 0.2) is 0 Å². The second kappa shape index (κ2) is 7.06. The summed E-state index contributed by atoms with van der Waals surface area (Å²) in [6, 6.07) is 0. The fourth-order valence-electron chi connectivity index (χ4n) is 1.08. The third kappa shape index (κ3) is 4.65. The second-order valence-electron chi connectivity index (χ2n) is 3.18. The Labute approximate surface area is 89.9 Å². The number of ether oxygens (including phenoxy) is 1. The molecule has 0 saturated heterocycles. The molecule has 0 spiro atoms. The predicted octanol–water partition coefficient (Wildman–Crippen LogP) is 1.71. The normalized spacial score (nSPS) is 14.1. The number of aliphatic hydroxyl groups excluding tert-OH is 2. The Morgan fingerprint density at radius 1 is 1.60 bits per heavy atom. The van der Waals surface area contributed by atoms with Gasteiger partial charge < -0.3 is 14.9 Å². The molecule has 4 nitrogen and oxygen atoms in total. The topological polar surface area (TPSA) is 66.8 Å². The molecule has 0 aromatic heterocycles. The Morgan fingerprint density at radius 2 is 2.20 bits per heavy atom. The highest BCUT2D eigenvalue weighted by molar-refractivity contribution is 5.88. The van der Waals surface area contributed by atoms with Crippen molar-refractivity contribution in [3.8, 4) is 0 Å². The summed E-state index contributed by atoms with van der Waals surface area (Å²) in [7, 11) is 1.24. The Kier molecular flexibility index (Phi) is 6.45. The van der Waals surface area contributed by atoms with Crippen molar-refractivity contribution in [2.24, 2.45) is 0 Å². The van der Waals surface area contributed by atoms with Gasteiger partial charge >= 0.3 is 5.97 Å². The SMILES string of the molecule is C=CCC(O)=C(CC(O)CC)C(=O)OC. The highest BCUT2D eigenvalue weighted by Crippen LogP contribution is 2.16. The van der Waals surface area contributed by atoms with Crippen LogP contribution in [0, 0.1) is 0 Å². The minimum absolute atomic E-state index is 0.0932. The van der Waals surface area contributed by atoms with Gasteiger partial charge in [-0.2, -0.15) is 0 Å². The molecule has 1 unspecified atom stereocenters. The molecule has 0 heterocycles. The average molecular weight is 214 g/mol. The van der Waals surface area contributed by atoms with E-state index in [4.69, 9.17) is 0 Å². The van der Waals surface area contributed by atoms with Crippen LogP contribution in [-0.2, 0) is 9.53 Å². The molecule has 0 saturated carbocycles. The van der Waals surface area contributed by atoms with Gasteiger partial charge in [-0.25, -0.2) is 4.79 Å². The number of hydrogen-bond donors (Lipinski definition) is 2. The van der Waals surface area contributed by atoms with Gasteiger partial charge in [0.25, 0.3) is 0 Å². The van der Waals surface area contributed by atoms with E-state index in [0.717, 1.165) is 0 Å². The Hall–Kier alpha value is -1.29. The lowest BCUT2D eigenvalue weighted by atomic mass is 10.0. The minimum Gasteiger partial charge on any atom is -0.511 e. The molecule has 0 amide bonds. The van der Waals surface area contributed by atoms with E-state index in [0.29, 0.717) is 6.42 Å². The van der Waals surface area contributed by atoms with Gasteiger partial charge in [-0.1, -0.05) is 13.0 Å². The summed E-state index contributed by atoms with van der Waals surface area (Å²) in [5.41, 5.74) is 0.117. The average Bonchev–Trinajstić information content (AvgIpc) is 2.24. The van der Waals surface area contributed by atoms with Crippen molar-refractivity contribution in [3.63, 3.8) is 0 Å². The van der Waals surface area contributed by atoms with Crippen molar-refractivity contribution in [1.29, 1.82) is 0 Å². The van der Waals surface area contributed by atoms with Crippen LogP contribution in [0.5, 0.6) is 0 Å². The number of carbonyl (C=O) groups excluding carboxylic acids is 1. The van der Waals surface area contributed by atoms with Crippen LogP contribution in [0.25, 0.3) is 0 Å². The zero-order valence-corrected chi connectivity index (χ0v) is 9.19. The molecule has 15 heavy (non-hydrogen) atoms. The van der Waals surface area contributed by atoms with Crippen LogP contribution >= 0.6 is 0 Å². The summed E-state index contributed by atoms with van der Waals surface area (Å²) in [6.45, 7) is 5.25. The van der Waals surface area contributed by atoms with Crippen molar-refractivity contribution in [3.05, 3.63) is 24.0 Å². The minimum atomic E-state index is -0.647. The summed E-state index contributed by atoms with van der Waals surface area (Å²) in [6.07, 6.45) is 1.65. The van der Waals surface area contributed by atoms with Gasteiger partial charge in [-0.15, -0.1) is 6.58 Å². The molecule has 0 aromatic rings. The lowest BCUT2D eigenvalue weighted by Gasteiger charge is -2.11. The van der Waals surface area contributed by atoms with Gasteiger partial charge in [0, 0.05) is 12.8 Å². The molecule has 0 aliphatic rings. The van der Waals surface area contributed by atoms with Crippen LogP contribution in [0.4, 0.5) is 0 Å². The molecule has 0 bridgehead atoms. The zero-order valence-electron chi connectivity index (χ0n) is 9.19. The molecule has 4 heteroatoms. The standard InChI is InChI=1S/C11H18O4/c1-4-6-10(13)9(11(14)15-3)7-8(12)5-2/h4,8,12-13H,1,5-7H2,2-3H3. The van der Waals surface area contributed by atoms with Crippen LogP contribution in [0.1, 0.15) is 26.2 Å². The fourth-order valence-corrected chi connectivity index (χ4v) is 1.08. The van der Waals surface area contributed by atoms with Crippen LogP contribution < -0.4 is 0 Å². The van der Waals surface area contributed by atoms with Crippen molar-refractivity contribution >= 4 is 5.97 Å². The van der Waals surface area contributed by atoms with Crippen LogP contribution in [0.15, 0.2) is 24.0 Å². The summed E-state index contributed by atoms with van der Waals surface area (Å²) in [5.74, 6) is -0.703. The molecule has 86 valence electrons. The van der Waals surface area contributed by atoms with Crippen LogP contribution in [0.3, 0.4) is 0 Å². The van der Waals surface area contributed by atoms with Gasteiger partial charge in [-0.05, 0) is 6.42 Å². The first-order valence-electron chi connectivity index (χ1n) is 4.85. The molecular formula is C11H18O4. The number of esters is 1. The Morgan fingerprint density at radius 3 is 2.60 bits per heavy atom. The summed E-state index contributed by atoms with van der Waals surface area (Å²) in [4.78, 5) is 11.3. The number of carbonyl (C=O) groups is 1. The molecule has 0 aliphatic carbocycles. The first-order chi connectivity index (χ1) is 7.06. The van der Waals surface area contributed by atoms with Crippen LogP contribution in [0.2, 0.25) is 0 Å². The summed E-state index contributed by atoms with van der Waals surface area (Å²) < 4.78 is 4.52. The zero-order chi connectivity index (χ0) is 11.8. The first-order valence-corrected chi connectivity index (χ1v) is 4.85. The van der Waals surface area contributed by atoms with E-state index < -0.39 is 12.1 Å². The van der Waals surface area contributed by atoms with Crippen molar-refractivity contribution in [1.82, 2.24) is 0 Å². The molecule has 0 rings (SSSR count). The number of aliphatic hydroxyl groups is 2. The van der Waals surface area contributed by atoms with E-state index in [-0.39, 0.29) is 24.2 Å². The van der Waals surface area contributed by atoms with Gasteiger partial charge in [-0.3, -0.25) is 0 Å². The van der Waals surface area contributed by atoms with Gasteiger partial charge in [0.05, 0.1) is 18.8 Å². The Bertz CT molecular complexity index is 255. The summed E-state index contributed by atoms with van der Waals surface area (Å²) >= 11 is 0. The largest absolute Gasteiger partial charge is 0.511 e. The maximum Gasteiger partial charge on any atom is 0.337 e. The van der Waals surface area contributed by atoms with Gasteiger partial charge in [0.2, 0.25) is 0 Å². The number of rotatable bonds is 6. The van der Waals surface area contributed by atoms with E-state index in [1.165, 1.54) is 13.2 Å². The molecule has 0 aromatic carbocycles. The quantitative estimate of drug-likeness (QED) is 0.306. The van der Waals surface area contributed by atoms with Crippen molar-refractivity contribution < 1.29 is 19.7 Å². The van der Waals surface area contributed by atoms with E-state index in [1.54, 1.807) is 6.92 Å². The monoisotopic (exact) mass is 214 g/mol. The number of methoxy groups -OCH3 is 1. The van der Waals surface area contributed by atoms with Crippen molar-refractivity contribution in [2.75, 3.05) is 7.11 Å². The van der Waals surface area contributed by atoms with E-state index in [2.05, 4.69) is 11.3 Å². The molecule has 0 fully saturated rings. The van der Waals surface area contributed by atoms with E-state index >= 15 is 0 Å². The maximum atomic E-state index is 11.3. The fraction of sp³-hybridized carbons (Fsp3) is 0.545. The number of allylic oxidation sites excluding steroid dienone is 1. The van der Waals surface area contributed by atoms with Crippen LogP contribution in [-0.4, -0.2) is 29.4 Å². The molecule has 0 aliphatic heterocycles. The lowest BCUT2D eigenvalue weighted by molar-refractivity contribution is -0.136. The molecular weight excluding hydrogens is 196 g/mol.